The molecule has 25 heavy (non-hydrogen) atoms. The molecule has 0 radical (unpaired) electrons. The van der Waals surface area contributed by atoms with Crippen LogP contribution in [0.15, 0.2) is 18.5 Å². The van der Waals surface area contributed by atoms with Gasteiger partial charge in [-0.25, -0.2) is 0 Å². The summed E-state index contributed by atoms with van der Waals surface area (Å²) in [6, 6.07) is 1.41. The number of rotatable bonds is 2. The van der Waals surface area contributed by atoms with E-state index in [1.807, 2.05) is 0 Å². The predicted octanol–water partition coefficient (Wildman–Crippen LogP) is 1.40. The van der Waals surface area contributed by atoms with Crippen molar-refractivity contribution in [2.45, 2.75) is 32.6 Å². The van der Waals surface area contributed by atoms with Crippen molar-refractivity contribution in [2.75, 3.05) is 18.4 Å². The van der Waals surface area contributed by atoms with E-state index in [9.17, 15) is 14.4 Å². The molecular formula is C18H24N4O3. The van der Waals surface area contributed by atoms with E-state index in [-0.39, 0.29) is 11.3 Å². The van der Waals surface area contributed by atoms with Crippen molar-refractivity contribution in [3.63, 3.8) is 0 Å². The SMILES string of the molecule is C[C@@H]1CN(C(=O)C(=O)Nc2cncc(C(N)=O)c2)C[C@H]2CCCC[C@H]21. The van der Waals surface area contributed by atoms with Crippen LogP contribution >= 0.6 is 0 Å². The van der Waals surface area contributed by atoms with E-state index in [1.165, 1.54) is 37.7 Å². The molecule has 2 fully saturated rings. The van der Waals surface area contributed by atoms with Gasteiger partial charge in [0.1, 0.15) is 0 Å². The first-order valence-electron chi connectivity index (χ1n) is 8.81. The molecule has 0 bridgehead atoms. The molecule has 0 unspecified atom stereocenters. The minimum atomic E-state index is -0.704. The van der Waals surface area contributed by atoms with Gasteiger partial charge in [0.2, 0.25) is 5.91 Å². The second-order valence-electron chi connectivity index (χ2n) is 7.18. The molecule has 2 aliphatic rings. The summed E-state index contributed by atoms with van der Waals surface area (Å²) in [6.45, 7) is 3.44. The number of fused-ring (bicyclic) bond motifs is 1. The molecule has 1 saturated heterocycles. The summed E-state index contributed by atoms with van der Waals surface area (Å²) in [7, 11) is 0. The molecule has 7 nitrogen and oxygen atoms in total. The van der Waals surface area contributed by atoms with Crippen LogP contribution in [0.5, 0.6) is 0 Å². The van der Waals surface area contributed by atoms with Gasteiger partial charge < -0.3 is 16.0 Å². The van der Waals surface area contributed by atoms with E-state index >= 15 is 0 Å². The highest BCUT2D eigenvalue weighted by molar-refractivity contribution is 6.39. The first kappa shape index (κ1) is 17.4. The largest absolute Gasteiger partial charge is 0.366 e. The number of hydrogen-bond donors (Lipinski definition) is 2. The van der Waals surface area contributed by atoms with Gasteiger partial charge in [-0.1, -0.05) is 19.8 Å². The summed E-state index contributed by atoms with van der Waals surface area (Å²) in [5.41, 5.74) is 5.67. The van der Waals surface area contributed by atoms with Gasteiger partial charge in [-0.2, -0.15) is 0 Å². The van der Waals surface area contributed by atoms with Crippen LogP contribution in [0.4, 0.5) is 5.69 Å². The number of nitrogens with one attached hydrogen (secondary N) is 1. The zero-order valence-electron chi connectivity index (χ0n) is 14.4. The highest BCUT2D eigenvalue weighted by Crippen LogP contribution is 2.39. The number of primary amides is 1. The lowest BCUT2D eigenvalue weighted by Gasteiger charge is -2.45. The van der Waals surface area contributed by atoms with Gasteiger partial charge >= 0.3 is 11.8 Å². The van der Waals surface area contributed by atoms with Gasteiger partial charge in [-0.15, -0.1) is 0 Å². The maximum absolute atomic E-state index is 12.5. The minimum absolute atomic E-state index is 0.182. The van der Waals surface area contributed by atoms with E-state index < -0.39 is 17.7 Å². The molecule has 134 valence electrons. The summed E-state index contributed by atoms with van der Waals surface area (Å²) in [5.74, 6) is -0.296. The molecule has 7 heteroatoms. The lowest BCUT2D eigenvalue weighted by atomic mass is 9.70. The van der Waals surface area contributed by atoms with Gasteiger partial charge in [0.25, 0.3) is 0 Å². The summed E-state index contributed by atoms with van der Waals surface area (Å²) >= 11 is 0. The predicted molar refractivity (Wildman–Crippen MR) is 92.6 cm³/mol. The van der Waals surface area contributed by atoms with E-state index in [1.54, 1.807) is 4.90 Å². The van der Waals surface area contributed by atoms with Crippen molar-refractivity contribution in [1.82, 2.24) is 9.88 Å². The van der Waals surface area contributed by atoms with Crippen LogP contribution in [0, 0.1) is 17.8 Å². The lowest BCUT2D eigenvalue weighted by molar-refractivity contribution is -0.146. The Morgan fingerprint density at radius 2 is 1.96 bits per heavy atom. The Hall–Kier alpha value is -2.44. The molecule has 3 rings (SSSR count). The van der Waals surface area contributed by atoms with Gasteiger partial charge in [0.05, 0.1) is 17.4 Å². The average Bonchev–Trinajstić information content (AvgIpc) is 2.61. The lowest BCUT2D eigenvalue weighted by Crippen LogP contribution is -2.51. The van der Waals surface area contributed by atoms with E-state index in [0.717, 1.165) is 6.42 Å². The molecule has 1 saturated carbocycles. The topological polar surface area (TPSA) is 105 Å². The molecule has 3 N–H and O–H groups in total. The normalized spacial score (nSPS) is 25.8. The van der Waals surface area contributed by atoms with Crippen molar-refractivity contribution < 1.29 is 14.4 Å². The number of piperidine rings is 1. The number of carbonyl (C=O) groups is 3. The maximum Gasteiger partial charge on any atom is 0.313 e. The van der Waals surface area contributed by atoms with Gasteiger partial charge in [0, 0.05) is 19.3 Å². The molecular weight excluding hydrogens is 320 g/mol. The number of anilines is 1. The Bertz CT molecular complexity index is 691. The summed E-state index contributed by atoms with van der Waals surface area (Å²) < 4.78 is 0. The number of nitrogens with two attached hydrogens (primary N) is 1. The molecule has 1 aromatic rings. The first-order valence-corrected chi connectivity index (χ1v) is 8.81. The third kappa shape index (κ3) is 3.81. The Morgan fingerprint density at radius 1 is 1.20 bits per heavy atom. The number of aromatic nitrogens is 1. The molecule has 1 aromatic heterocycles. The smallest absolute Gasteiger partial charge is 0.313 e. The van der Waals surface area contributed by atoms with Crippen LogP contribution in [-0.4, -0.2) is 40.7 Å². The second-order valence-corrected chi connectivity index (χ2v) is 7.18. The fourth-order valence-corrected chi connectivity index (χ4v) is 4.19. The molecule has 0 spiro atoms. The monoisotopic (exact) mass is 344 g/mol. The van der Waals surface area contributed by atoms with Crippen LogP contribution in [-0.2, 0) is 9.59 Å². The fourth-order valence-electron chi connectivity index (χ4n) is 4.19. The van der Waals surface area contributed by atoms with Crippen molar-refractivity contribution in [2.24, 2.45) is 23.5 Å². The maximum atomic E-state index is 12.5. The molecule has 3 atom stereocenters. The molecule has 2 heterocycles. The van der Waals surface area contributed by atoms with Crippen molar-refractivity contribution in [1.29, 1.82) is 0 Å². The summed E-state index contributed by atoms with van der Waals surface area (Å²) in [4.78, 5) is 41.6. The second kappa shape index (κ2) is 7.21. The zero-order valence-corrected chi connectivity index (χ0v) is 14.4. The number of nitrogens with zero attached hydrogens (tertiary/aromatic N) is 2. The first-order chi connectivity index (χ1) is 12.0. The Morgan fingerprint density at radius 3 is 2.72 bits per heavy atom. The summed E-state index contributed by atoms with van der Waals surface area (Å²) in [5, 5.41) is 2.52. The van der Waals surface area contributed by atoms with Crippen LogP contribution < -0.4 is 11.1 Å². The van der Waals surface area contributed by atoms with Crippen molar-refractivity contribution >= 4 is 23.4 Å². The Kier molecular flexibility index (Phi) is 5.01. The zero-order chi connectivity index (χ0) is 18.0. The quantitative estimate of drug-likeness (QED) is 0.791. The third-order valence-corrected chi connectivity index (χ3v) is 5.42. The minimum Gasteiger partial charge on any atom is -0.366 e. The number of likely N-dealkylation sites (tertiary alicyclic amines) is 1. The third-order valence-electron chi connectivity index (χ3n) is 5.42. The molecule has 3 amide bonds. The highest BCUT2D eigenvalue weighted by Gasteiger charge is 2.38. The van der Waals surface area contributed by atoms with E-state index in [0.29, 0.717) is 30.8 Å². The summed E-state index contributed by atoms with van der Waals surface area (Å²) in [6.07, 6.45) is 7.52. The van der Waals surface area contributed by atoms with Crippen molar-refractivity contribution in [3.8, 4) is 0 Å². The molecule has 0 aromatic carbocycles. The van der Waals surface area contributed by atoms with Crippen LogP contribution in [0.1, 0.15) is 43.0 Å². The van der Waals surface area contributed by atoms with Crippen LogP contribution in [0.2, 0.25) is 0 Å². The number of pyridine rings is 1. The van der Waals surface area contributed by atoms with Crippen molar-refractivity contribution in [3.05, 3.63) is 24.0 Å². The standard InChI is InChI=1S/C18H24N4O3/c1-11-9-22(10-12-4-2-3-5-15(11)12)18(25)17(24)21-14-6-13(16(19)23)7-20-8-14/h6-8,11-12,15H,2-5,9-10H2,1H3,(H2,19,23)(H,21,24)/t11-,12-,15+/m1/s1. The Labute approximate surface area is 147 Å². The average molecular weight is 344 g/mol. The van der Waals surface area contributed by atoms with Gasteiger partial charge in [-0.05, 0) is 36.7 Å². The molecule has 1 aliphatic carbocycles. The number of amides is 3. The van der Waals surface area contributed by atoms with Gasteiger partial charge in [0.15, 0.2) is 0 Å². The number of hydrogen-bond acceptors (Lipinski definition) is 4. The van der Waals surface area contributed by atoms with Gasteiger partial charge in [-0.3, -0.25) is 19.4 Å². The Balaban J connectivity index is 1.65. The van der Waals surface area contributed by atoms with Crippen LogP contribution in [0.25, 0.3) is 0 Å². The van der Waals surface area contributed by atoms with E-state index in [2.05, 4.69) is 17.2 Å². The molecule has 1 aliphatic heterocycles. The number of carbonyl (C=O) groups excluding carboxylic acids is 3. The van der Waals surface area contributed by atoms with E-state index in [4.69, 9.17) is 5.73 Å². The van der Waals surface area contributed by atoms with Crippen LogP contribution in [0.3, 0.4) is 0 Å². The fraction of sp³-hybridized carbons (Fsp3) is 0.556. The highest BCUT2D eigenvalue weighted by atomic mass is 16.2.